The lowest BCUT2D eigenvalue weighted by Gasteiger charge is -2.24. The average Bonchev–Trinajstić information content (AvgIpc) is 3.75. The SMILES string of the molecule is CC1(C)c2ccc(-c3ccc4c(c3)c3ccccc3n4-c3ccc(-c4cc(-c5ccccc5)cc(-c5ccccc5)n4)cc3)cc2-c2cc3c(cc21)Sc1ccccc1S3. The van der Waals surface area contributed by atoms with Crippen molar-refractivity contribution in [3.8, 4) is 61.6 Å². The summed E-state index contributed by atoms with van der Waals surface area (Å²) in [4.78, 5) is 10.6. The zero-order valence-corrected chi connectivity index (χ0v) is 34.8. The molecular formula is C56H38N2S2. The van der Waals surface area contributed by atoms with Crippen LogP contribution in [0.5, 0.6) is 0 Å². The van der Waals surface area contributed by atoms with Crippen molar-refractivity contribution in [3.63, 3.8) is 0 Å². The van der Waals surface area contributed by atoms with Crippen LogP contribution in [0, 0.1) is 0 Å². The van der Waals surface area contributed by atoms with Crippen molar-refractivity contribution in [2.24, 2.45) is 0 Å². The lowest BCUT2D eigenvalue weighted by atomic mass is 9.82. The normalized spacial score (nSPS) is 13.5. The molecule has 0 amide bonds. The van der Waals surface area contributed by atoms with Crippen LogP contribution < -0.4 is 0 Å². The molecule has 0 fully saturated rings. The summed E-state index contributed by atoms with van der Waals surface area (Å²) >= 11 is 3.80. The minimum atomic E-state index is -0.0711. The largest absolute Gasteiger partial charge is 0.309 e. The van der Waals surface area contributed by atoms with Gasteiger partial charge in [0.1, 0.15) is 0 Å². The summed E-state index contributed by atoms with van der Waals surface area (Å²) in [6.45, 7) is 4.76. The number of rotatable bonds is 5. The summed E-state index contributed by atoms with van der Waals surface area (Å²) in [5.41, 5.74) is 17.9. The Balaban J connectivity index is 0.926. The van der Waals surface area contributed by atoms with E-state index >= 15 is 0 Å². The van der Waals surface area contributed by atoms with Gasteiger partial charge in [-0.3, -0.25) is 0 Å². The highest BCUT2D eigenvalue weighted by Gasteiger charge is 2.37. The predicted molar refractivity (Wildman–Crippen MR) is 253 cm³/mol. The van der Waals surface area contributed by atoms with Crippen molar-refractivity contribution in [1.82, 2.24) is 9.55 Å². The second kappa shape index (κ2) is 13.7. The predicted octanol–water partition coefficient (Wildman–Crippen LogP) is 15.8. The number of nitrogens with zero attached hydrogens (tertiary/aromatic N) is 2. The number of hydrogen-bond acceptors (Lipinski definition) is 3. The molecule has 4 heteroatoms. The quantitative estimate of drug-likeness (QED) is 0.173. The minimum absolute atomic E-state index is 0.0711. The van der Waals surface area contributed by atoms with Gasteiger partial charge in [-0.15, -0.1) is 0 Å². The summed E-state index contributed by atoms with van der Waals surface area (Å²) < 4.78 is 2.40. The smallest absolute Gasteiger partial charge is 0.0715 e. The molecule has 2 aliphatic rings. The molecule has 284 valence electrons. The first-order valence-electron chi connectivity index (χ1n) is 20.5. The van der Waals surface area contributed by atoms with Crippen molar-refractivity contribution in [2.75, 3.05) is 0 Å². The molecule has 0 spiro atoms. The van der Waals surface area contributed by atoms with Crippen LogP contribution in [0.2, 0.25) is 0 Å². The second-order valence-electron chi connectivity index (χ2n) is 16.4. The lowest BCUT2D eigenvalue weighted by molar-refractivity contribution is 0.657. The van der Waals surface area contributed by atoms with E-state index in [1.165, 1.54) is 80.3 Å². The number of hydrogen-bond donors (Lipinski definition) is 0. The number of benzene rings is 8. The standard InChI is InChI=1S/C56H38N2S2/c1-56(2)46-27-23-38(29-43(46)44-33-54-55(34-47(44)56)60-53-20-12-11-19-52(53)59-54)39-24-28-51-45(30-39)42-17-9-10-18-50(42)58(51)41-25-21-37(22-26-41)49-32-40(35-13-5-3-6-14-35)31-48(57-49)36-15-7-4-8-16-36/h3-34H,1-2H3. The van der Waals surface area contributed by atoms with Gasteiger partial charge in [-0.25, -0.2) is 4.98 Å². The Labute approximate surface area is 358 Å². The Bertz CT molecular complexity index is 3270. The number of fused-ring (bicyclic) bond motifs is 8. The van der Waals surface area contributed by atoms with E-state index in [-0.39, 0.29) is 5.41 Å². The van der Waals surface area contributed by atoms with Gasteiger partial charge in [-0.1, -0.05) is 159 Å². The van der Waals surface area contributed by atoms with E-state index in [9.17, 15) is 0 Å². The van der Waals surface area contributed by atoms with E-state index in [4.69, 9.17) is 4.98 Å². The third kappa shape index (κ3) is 5.70. The molecule has 0 atom stereocenters. The molecule has 3 heterocycles. The van der Waals surface area contributed by atoms with E-state index in [2.05, 4.69) is 213 Å². The average molecular weight is 803 g/mol. The van der Waals surface area contributed by atoms with Crippen LogP contribution in [0.25, 0.3) is 83.4 Å². The molecule has 1 aliphatic heterocycles. The van der Waals surface area contributed by atoms with E-state index in [0.29, 0.717) is 0 Å². The molecule has 0 bridgehead atoms. The minimum Gasteiger partial charge on any atom is -0.309 e. The molecule has 2 aromatic heterocycles. The van der Waals surface area contributed by atoms with Crippen molar-refractivity contribution < 1.29 is 0 Å². The molecule has 12 rings (SSSR count). The van der Waals surface area contributed by atoms with Crippen molar-refractivity contribution in [3.05, 3.63) is 205 Å². The first kappa shape index (κ1) is 35.4. The molecular weight excluding hydrogens is 765 g/mol. The molecule has 0 radical (unpaired) electrons. The van der Waals surface area contributed by atoms with Gasteiger partial charge in [0.2, 0.25) is 0 Å². The van der Waals surface area contributed by atoms with E-state index in [1.54, 1.807) is 0 Å². The van der Waals surface area contributed by atoms with Gasteiger partial charge in [0.05, 0.1) is 22.4 Å². The van der Waals surface area contributed by atoms with Crippen LogP contribution in [0.1, 0.15) is 25.0 Å². The van der Waals surface area contributed by atoms with Crippen LogP contribution in [0.4, 0.5) is 0 Å². The van der Waals surface area contributed by atoms with Gasteiger partial charge < -0.3 is 4.57 Å². The Kier molecular flexibility index (Phi) is 8.10. The van der Waals surface area contributed by atoms with Crippen LogP contribution in [-0.4, -0.2) is 9.55 Å². The molecule has 10 aromatic rings. The maximum atomic E-state index is 5.19. The highest BCUT2D eigenvalue weighted by Crippen LogP contribution is 2.56. The van der Waals surface area contributed by atoms with Gasteiger partial charge >= 0.3 is 0 Å². The Morgan fingerprint density at radius 2 is 0.933 bits per heavy atom. The number of aromatic nitrogens is 2. The maximum Gasteiger partial charge on any atom is 0.0715 e. The fraction of sp³-hybridized carbons (Fsp3) is 0.0536. The highest BCUT2D eigenvalue weighted by atomic mass is 32.2. The Morgan fingerprint density at radius 1 is 0.383 bits per heavy atom. The third-order valence-corrected chi connectivity index (χ3v) is 15.0. The van der Waals surface area contributed by atoms with E-state index in [1.807, 2.05) is 23.5 Å². The van der Waals surface area contributed by atoms with Gasteiger partial charge in [-0.2, -0.15) is 0 Å². The highest BCUT2D eigenvalue weighted by molar-refractivity contribution is 8.05. The van der Waals surface area contributed by atoms with Crippen molar-refractivity contribution in [1.29, 1.82) is 0 Å². The monoisotopic (exact) mass is 802 g/mol. The van der Waals surface area contributed by atoms with Gasteiger partial charge in [0.15, 0.2) is 0 Å². The number of para-hydroxylation sites is 1. The van der Waals surface area contributed by atoms with E-state index < -0.39 is 0 Å². The first-order valence-corrected chi connectivity index (χ1v) is 22.2. The fourth-order valence-electron chi connectivity index (χ4n) is 9.40. The molecule has 60 heavy (non-hydrogen) atoms. The van der Waals surface area contributed by atoms with E-state index in [0.717, 1.165) is 33.8 Å². The Morgan fingerprint density at radius 3 is 1.67 bits per heavy atom. The number of pyridine rings is 1. The maximum absolute atomic E-state index is 5.19. The summed E-state index contributed by atoms with van der Waals surface area (Å²) in [7, 11) is 0. The summed E-state index contributed by atoms with van der Waals surface area (Å²) in [6, 6.07) is 71.0. The topological polar surface area (TPSA) is 17.8 Å². The van der Waals surface area contributed by atoms with Crippen LogP contribution in [-0.2, 0) is 5.41 Å². The van der Waals surface area contributed by atoms with Gasteiger partial charge in [0, 0.05) is 52.6 Å². The lowest BCUT2D eigenvalue weighted by Crippen LogP contribution is -2.15. The summed E-state index contributed by atoms with van der Waals surface area (Å²) in [5, 5.41) is 2.50. The molecule has 1 aliphatic carbocycles. The zero-order valence-electron chi connectivity index (χ0n) is 33.2. The van der Waals surface area contributed by atoms with Gasteiger partial charge in [-0.05, 0) is 117 Å². The molecule has 0 saturated heterocycles. The van der Waals surface area contributed by atoms with Crippen molar-refractivity contribution in [2.45, 2.75) is 38.8 Å². The molecule has 0 saturated carbocycles. The fourth-order valence-corrected chi connectivity index (χ4v) is 11.7. The third-order valence-electron chi connectivity index (χ3n) is 12.5. The molecule has 0 N–H and O–H groups in total. The molecule has 8 aromatic carbocycles. The summed E-state index contributed by atoms with van der Waals surface area (Å²) in [5.74, 6) is 0. The summed E-state index contributed by atoms with van der Waals surface area (Å²) in [6.07, 6.45) is 0. The first-order chi connectivity index (χ1) is 29.5. The second-order valence-corrected chi connectivity index (χ2v) is 18.5. The molecule has 2 nitrogen and oxygen atoms in total. The zero-order chi connectivity index (χ0) is 40.0. The van der Waals surface area contributed by atoms with Crippen LogP contribution >= 0.6 is 23.5 Å². The van der Waals surface area contributed by atoms with Gasteiger partial charge in [0.25, 0.3) is 0 Å². The molecule has 0 unspecified atom stereocenters. The van der Waals surface area contributed by atoms with Crippen LogP contribution in [0.15, 0.2) is 214 Å². The van der Waals surface area contributed by atoms with Crippen LogP contribution in [0.3, 0.4) is 0 Å². The Hall–Kier alpha value is -6.59. The van der Waals surface area contributed by atoms with Crippen molar-refractivity contribution >= 4 is 45.3 Å².